The van der Waals surface area contributed by atoms with Gasteiger partial charge in [-0.3, -0.25) is 5.43 Å². The van der Waals surface area contributed by atoms with E-state index >= 15 is 0 Å². The number of carbonyl (C=O) groups is 1. The molecule has 6 nitrogen and oxygen atoms in total. The first-order chi connectivity index (χ1) is 11.5. The zero-order valence-corrected chi connectivity index (χ0v) is 14.2. The maximum Gasteiger partial charge on any atom is 0.343 e. The highest BCUT2D eigenvalue weighted by Gasteiger charge is 2.11. The molecule has 8 heteroatoms. The molecule has 0 aliphatic rings. The number of hydrazone groups is 1. The zero-order chi connectivity index (χ0) is 17.5. The van der Waals surface area contributed by atoms with Crippen molar-refractivity contribution in [3.05, 3.63) is 58.6 Å². The number of benzene rings is 2. The monoisotopic (exact) mass is 363 g/mol. The SMILES string of the molecule is COc1ccc(C(=O)Oc2ccc(C=NNC(N)=S)cc2Cl)cc1. The highest BCUT2D eigenvalue weighted by molar-refractivity contribution is 7.80. The quantitative estimate of drug-likeness (QED) is 0.279. The summed E-state index contributed by atoms with van der Waals surface area (Å²) in [5, 5.41) is 4.15. The van der Waals surface area contributed by atoms with Crippen LogP contribution in [0.2, 0.25) is 5.02 Å². The highest BCUT2D eigenvalue weighted by atomic mass is 35.5. The number of esters is 1. The number of nitrogens with zero attached hydrogens (tertiary/aromatic N) is 1. The zero-order valence-electron chi connectivity index (χ0n) is 12.7. The van der Waals surface area contributed by atoms with E-state index in [1.807, 2.05) is 0 Å². The fourth-order valence-corrected chi connectivity index (χ4v) is 2.02. The Balaban J connectivity index is 2.07. The molecule has 0 aromatic heterocycles. The molecule has 0 heterocycles. The molecule has 2 rings (SSSR count). The molecule has 0 aliphatic heterocycles. The van der Waals surface area contributed by atoms with Gasteiger partial charge in [0.2, 0.25) is 0 Å². The normalized spacial score (nSPS) is 10.4. The summed E-state index contributed by atoms with van der Waals surface area (Å²) in [5.41, 5.74) is 8.76. The molecule has 0 fully saturated rings. The summed E-state index contributed by atoms with van der Waals surface area (Å²) in [5.74, 6) is 0.381. The molecule has 0 saturated heterocycles. The van der Waals surface area contributed by atoms with Crippen LogP contribution in [0.25, 0.3) is 0 Å². The van der Waals surface area contributed by atoms with E-state index in [0.29, 0.717) is 16.9 Å². The first-order valence-electron chi connectivity index (χ1n) is 6.74. The second kappa shape index (κ2) is 8.28. The number of methoxy groups -OCH3 is 1. The average Bonchev–Trinajstić information content (AvgIpc) is 2.57. The van der Waals surface area contributed by atoms with E-state index in [-0.39, 0.29) is 15.9 Å². The lowest BCUT2D eigenvalue weighted by Crippen LogP contribution is -2.23. The van der Waals surface area contributed by atoms with Crippen molar-refractivity contribution in [2.24, 2.45) is 10.8 Å². The average molecular weight is 364 g/mol. The Morgan fingerprint density at radius 1 is 1.29 bits per heavy atom. The third-order valence-corrected chi connectivity index (χ3v) is 3.26. The molecule has 0 bridgehead atoms. The Hall–Kier alpha value is -2.64. The molecule has 0 saturated carbocycles. The van der Waals surface area contributed by atoms with E-state index in [0.717, 1.165) is 0 Å². The molecule has 0 atom stereocenters. The summed E-state index contributed by atoms with van der Waals surface area (Å²) in [6.45, 7) is 0. The second-order valence-electron chi connectivity index (χ2n) is 4.54. The molecule has 0 radical (unpaired) electrons. The Labute approximate surface area is 149 Å². The summed E-state index contributed by atoms with van der Waals surface area (Å²) in [6, 6.07) is 11.4. The Kier molecular flexibility index (Phi) is 6.11. The Morgan fingerprint density at radius 3 is 2.58 bits per heavy atom. The summed E-state index contributed by atoms with van der Waals surface area (Å²) in [4.78, 5) is 12.1. The molecular formula is C16H14ClN3O3S. The predicted molar refractivity (Wildman–Crippen MR) is 96.9 cm³/mol. The van der Waals surface area contributed by atoms with Gasteiger partial charge < -0.3 is 15.2 Å². The van der Waals surface area contributed by atoms with E-state index in [4.69, 9.17) is 26.8 Å². The molecule has 0 spiro atoms. The van der Waals surface area contributed by atoms with Crippen LogP contribution in [0.15, 0.2) is 47.6 Å². The maximum atomic E-state index is 12.1. The van der Waals surface area contributed by atoms with Gasteiger partial charge in [0, 0.05) is 0 Å². The van der Waals surface area contributed by atoms with Gasteiger partial charge in [-0.05, 0) is 60.2 Å². The van der Waals surface area contributed by atoms with Gasteiger partial charge in [-0.15, -0.1) is 0 Å². The lowest BCUT2D eigenvalue weighted by atomic mass is 10.2. The molecule has 3 N–H and O–H groups in total. The summed E-state index contributed by atoms with van der Waals surface area (Å²) in [7, 11) is 1.55. The number of hydrogen-bond acceptors (Lipinski definition) is 5. The highest BCUT2D eigenvalue weighted by Crippen LogP contribution is 2.26. The summed E-state index contributed by atoms with van der Waals surface area (Å²) >= 11 is 10.7. The number of carbonyl (C=O) groups excluding carboxylic acids is 1. The lowest BCUT2D eigenvalue weighted by Gasteiger charge is -2.07. The molecule has 0 unspecified atom stereocenters. The van der Waals surface area contributed by atoms with Crippen LogP contribution in [-0.4, -0.2) is 24.4 Å². The van der Waals surface area contributed by atoms with E-state index in [2.05, 4.69) is 22.7 Å². The van der Waals surface area contributed by atoms with Crippen LogP contribution in [0.5, 0.6) is 11.5 Å². The molecule has 124 valence electrons. The summed E-state index contributed by atoms with van der Waals surface area (Å²) < 4.78 is 10.3. The van der Waals surface area contributed by atoms with Crippen molar-refractivity contribution in [1.82, 2.24) is 5.43 Å². The van der Waals surface area contributed by atoms with Crippen LogP contribution in [0, 0.1) is 0 Å². The molecule has 2 aromatic rings. The van der Waals surface area contributed by atoms with Crippen LogP contribution in [0.4, 0.5) is 0 Å². The second-order valence-corrected chi connectivity index (χ2v) is 5.39. The van der Waals surface area contributed by atoms with E-state index in [1.54, 1.807) is 49.6 Å². The number of ether oxygens (including phenoxy) is 2. The fraction of sp³-hybridized carbons (Fsp3) is 0.0625. The molecule has 0 amide bonds. The third-order valence-electron chi connectivity index (χ3n) is 2.87. The van der Waals surface area contributed by atoms with Crippen LogP contribution >= 0.6 is 23.8 Å². The van der Waals surface area contributed by atoms with E-state index < -0.39 is 5.97 Å². The van der Waals surface area contributed by atoms with Gasteiger partial charge in [0.05, 0.1) is 23.9 Å². The van der Waals surface area contributed by atoms with Crippen molar-refractivity contribution in [1.29, 1.82) is 0 Å². The van der Waals surface area contributed by atoms with E-state index in [1.165, 1.54) is 6.21 Å². The van der Waals surface area contributed by atoms with Gasteiger partial charge in [-0.25, -0.2) is 4.79 Å². The molecule has 24 heavy (non-hydrogen) atoms. The minimum Gasteiger partial charge on any atom is -0.497 e. The van der Waals surface area contributed by atoms with Crippen molar-refractivity contribution in [2.45, 2.75) is 0 Å². The Bertz CT molecular complexity index is 779. The van der Waals surface area contributed by atoms with Crippen LogP contribution in [-0.2, 0) is 0 Å². The maximum absolute atomic E-state index is 12.1. The molecule has 0 aliphatic carbocycles. The van der Waals surface area contributed by atoms with Crippen molar-refractivity contribution in [3.8, 4) is 11.5 Å². The van der Waals surface area contributed by atoms with Crippen molar-refractivity contribution < 1.29 is 14.3 Å². The van der Waals surface area contributed by atoms with Gasteiger partial charge in [-0.1, -0.05) is 11.6 Å². The molecular weight excluding hydrogens is 350 g/mol. The first kappa shape index (κ1) is 17.7. The van der Waals surface area contributed by atoms with Gasteiger partial charge in [0.25, 0.3) is 0 Å². The van der Waals surface area contributed by atoms with Gasteiger partial charge >= 0.3 is 5.97 Å². The number of hydrogen-bond donors (Lipinski definition) is 2. The number of halogens is 1. The van der Waals surface area contributed by atoms with Crippen molar-refractivity contribution in [2.75, 3.05) is 7.11 Å². The number of thiocarbonyl (C=S) groups is 1. The molecule has 2 aromatic carbocycles. The van der Waals surface area contributed by atoms with Gasteiger partial charge in [-0.2, -0.15) is 5.10 Å². The largest absolute Gasteiger partial charge is 0.497 e. The first-order valence-corrected chi connectivity index (χ1v) is 7.52. The smallest absolute Gasteiger partial charge is 0.343 e. The number of nitrogens with two attached hydrogens (primary N) is 1. The predicted octanol–water partition coefficient (Wildman–Crippen LogP) is 2.73. The van der Waals surface area contributed by atoms with Gasteiger partial charge in [0.1, 0.15) is 11.5 Å². The van der Waals surface area contributed by atoms with Crippen LogP contribution in [0.1, 0.15) is 15.9 Å². The van der Waals surface area contributed by atoms with Crippen LogP contribution < -0.4 is 20.6 Å². The third kappa shape index (κ3) is 4.94. The standard InChI is InChI=1S/C16H14ClN3O3S/c1-22-12-5-3-11(4-6-12)15(21)23-14-7-2-10(8-13(14)17)9-19-20-16(18)24/h2-9H,1H3,(H3,18,20,24). The van der Waals surface area contributed by atoms with Crippen LogP contribution in [0.3, 0.4) is 0 Å². The minimum absolute atomic E-state index is 0.0578. The van der Waals surface area contributed by atoms with Crippen molar-refractivity contribution in [3.63, 3.8) is 0 Å². The van der Waals surface area contributed by atoms with Gasteiger partial charge in [0.15, 0.2) is 5.11 Å². The number of nitrogens with one attached hydrogen (secondary N) is 1. The Morgan fingerprint density at radius 2 is 2.00 bits per heavy atom. The number of rotatable bonds is 5. The fourth-order valence-electron chi connectivity index (χ4n) is 1.74. The summed E-state index contributed by atoms with van der Waals surface area (Å²) in [6.07, 6.45) is 1.49. The van der Waals surface area contributed by atoms with Crippen molar-refractivity contribution >= 4 is 41.1 Å². The topological polar surface area (TPSA) is 85.9 Å². The minimum atomic E-state index is -0.517. The lowest BCUT2D eigenvalue weighted by molar-refractivity contribution is 0.0735. The van der Waals surface area contributed by atoms with E-state index in [9.17, 15) is 4.79 Å².